The monoisotopic (exact) mass is 254 g/mol. The van der Waals surface area contributed by atoms with Crippen molar-refractivity contribution in [2.24, 2.45) is 5.73 Å². The topological polar surface area (TPSA) is 55.0 Å². The van der Waals surface area contributed by atoms with Crippen LogP contribution in [0.3, 0.4) is 0 Å². The van der Waals surface area contributed by atoms with E-state index in [-0.39, 0.29) is 6.04 Å². The Morgan fingerprint density at radius 2 is 1.95 bits per heavy atom. The summed E-state index contributed by atoms with van der Waals surface area (Å²) in [7, 11) is 2.07. The fourth-order valence-electron chi connectivity index (χ4n) is 2.46. The van der Waals surface area contributed by atoms with Gasteiger partial charge in [0.1, 0.15) is 11.6 Å². The molecule has 0 spiro atoms. The Morgan fingerprint density at radius 3 is 2.63 bits per heavy atom. The molecule has 0 amide bonds. The van der Waals surface area contributed by atoms with Gasteiger partial charge >= 0.3 is 0 Å². The molecular weight excluding hydrogens is 236 g/mol. The summed E-state index contributed by atoms with van der Waals surface area (Å²) in [5.74, 6) is 1.74. The van der Waals surface area contributed by atoms with Crippen LogP contribution in [-0.2, 0) is 6.42 Å². The highest BCUT2D eigenvalue weighted by Crippen LogP contribution is 2.33. The van der Waals surface area contributed by atoms with Gasteiger partial charge in [-0.05, 0) is 13.3 Å². The lowest BCUT2D eigenvalue weighted by Crippen LogP contribution is -2.17. The maximum atomic E-state index is 5.96. The number of hydrogen-bond acceptors (Lipinski definition) is 4. The average molecular weight is 254 g/mol. The molecule has 2 heterocycles. The number of fused-ring (bicyclic) bond motifs is 1. The SMILES string of the molecule is CC(N)c1nc(-c2ccccc2)c2c(n1)N(C)CC2. The predicted molar refractivity (Wildman–Crippen MR) is 77.0 cm³/mol. The van der Waals surface area contributed by atoms with Crippen LogP contribution in [0.15, 0.2) is 30.3 Å². The Labute approximate surface area is 113 Å². The van der Waals surface area contributed by atoms with Crippen molar-refractivity contribution in [3.8, 4) is 11.3 Å². The van der Waals surface area contributed by atoms with Crippen LogP contribution in [0.5, 0.6) is 0 Å². The molecule has 1 unspecified atom stereocenters. The maximum Gasteiger partial charge on any atom is 0.147 e. The third-order valence-electron chi connectivity index (χ3n) is 3.52. The molecule has 0 radical (unpaired) electrons. The van der Waals surface area contributed by atoms with E-state index in [0.717, 1.165) is 30.0 Å². The van der Waals surface area contributed by atoms with E-state index in [9.17, 15) is 0 Å². The zero-order valence-corrected chi connectivity index (χ0v) is 11.3. The molecule has 1 aromatic carbocycles. The second-order valence-corrected chi connectivity index (χ2v) is 5.06. The van der Waals surface area contributed by atoms with E-state index in [1.807, 2.05) is 25.1 Å². The normalized spacial score (nSPS) is 15.4. The summed E-state index contributed by atoms with van der Waals surface area (Å²) in [6.07, 6.45) is 0.995. The Morgan fingerprint density at radius 1 is 1.21 bits per heavy atom. The molecule has 0 saturated carbocycles. The predicted octanol–water partition coefficient (Wildman–Crippen LogP) is 2.16. The van der Waals surface area contributed by atoms with Crippen LogP contribution in [0, 0.1) is 0 Å². The number of hydrogen-bond donors (Lipinski definition) is 1. The Balaban J connectivity index is 2.21. The molecule has 0 bridgehead atoms. The second-order valence-electron chi connectivity index (χ2n) is 5.06. The largest absolute Gasteiger partial charge is 0.359 e. The Kier molecular flexibility index (Phi) is 2.95. The highest BCUT2D eigenvalue weighted by Gasteiger charge is 2.24. The number of aromatic nitrogens is 2. The summed E-state index contributed by atoms with van der Waals surface area (Å²) in [6, 6.07) is 10.1. The first-order valence-electron chi connectivity index (χ1n) is 6.60. The van der Waals surface area contributed by atoms with Crippen LogP contribution >= 0.6 is 0 Å². The van der Waals surface area contributed by atoms with Gasteiger partial charge in [-0.2, -0.15) is 0 Å². The molecule has 0 fully saturated rings. The van der Waals surface area contributed by atoms with Crippen molar-refractivity contribution in [2.75, 3.05) is 18.5 Å². The van der Waals surface area contributed by atoms with Crippen LogP contribution in [0.1, 0.15) is 24.4 Å². The van der Waals surface area contributed by atoms with Gasteiger partial charge in [0.2, 0.25) is 0 Å². The fourth-order valence-corrected chi connectivity index (χ4v) is 2.46. The van der Waals surface area contributed by atoms with E-state index in [0.29, 0.717) is 5.82 Å². The molecule has 98 valence electrons. The molecule has 1 aliphatic rings. The van der Waals surface area contributed by atoms with Crippen molar-refractivity contribution in [3.05, 3.63) is 41.7 Å². The van der Waals surface area contributed by atoms with Crippen molar-refractivity contribution in [2.45, 2.75) is 19.4 Å². The summed E-state index contributed by atoms with van der Waals surface area (Å²) in [6.45, 7) is 2.91. The van der Waals surface area contributed by atoms with Gasteiger partial charge in [-0.1, -0.05) is 30.3 Å². The van der Waals surface area contributed by atoms with E-state index in [2.05, 4.69) is 34.0 Å². The van der Waals surface area contributed by atoms with Gasteiger partial charge in [0, 0.05) is 24.7 Å². The quantitative estimate of drug-likeness (QED) is 0.892. The zero-order valence-electron chi connectivity index (χ0n) is 11.3. The van der Waals surface area contributed by atoms with Crippen LogP contribution in [0.4, 0.5) is 5.82 Å². The van der Waals surface area contributed by atoms with Crippen LogP contribution in [-0.4, -0.2) is 23.6 Å². The molecule has 0 aliphatic carbocycles. The lowest BCUT2D eigenvalue weighted by molar-refractivity contribution is 0.739. The molecule has 4 heteroatoms. The van der Waals surface area contributed by atoms with Crippen LogP contribution in [0.25, 0.3) is 11.3 Å². The fraction of sp³-hybridized carbons (Fsp3) is 0.333. The summed E-state index contributed by atoms with van der Waals surface area (Å²) >= 11 is 0. The number of benzene rings is 1. The Hall–Kier alpha value is -1.94. The van der Waals surface area contributed by atoms with E-state index in [4.69, 9.17) is 5.73 Å². The van der Waals surface area contributed by atoms with Gasteiger partial charge in [-0.15, -0.1) is 0 Å². The van der Waals surface area contributed by atoms with Gasteiger partial charge in [0.15, 0.2) is 0 Å². The van der Waals surface area contributed by atoms with Crippen molar-refractivity contribution < 1.29 is 0 Å². The molecule has 2 N–H and O–H groups in total. The van der Waals surface area contributed by atoms with Gasteiger partial charge in [0.25, 0.3) is 0 Å². The smallest absolute Gasteiger partial charge is 0.147 e. The highest BCUT2D eigenvalue weighted by atomic mass is 15.2. The van der Waals surface area contributed by atoms with E-state index >= 15 is 0 Å². The van der Waals surface area contributed by atoms with Gasteiger partial charge in [-0.25, -0.2) is 9.97 Å². The van der Waals surface area contributed by atoms with Crippen molar-refractivity contribution >= 4 is 5.82 Å². The third-order valence-corrected chi connectivity index (χ3v) is 3.52. The summed E-state index contributed by atoms with van der Waals surface area (Å²) in [5.41, 5.74) is 9.36. The third kappa shape index (κ3) is 2.08. The number of nitrogens with zero attached hydrogens (tertiary/aromatic N) is 3. The highest BCUT2D eigenvalue weighted by molar-refractivity contribution is 5.71. The number of anilines is 1. The summed E-state index contributed by atoms with van der Waals surface area (Å²) < 4.78 is 0. The first-order chi connectivity index (χ1) is 9.16. The molecule has 1 aliphatic heterocycles. The van der Waals surface area contributed by atoms with Crippen molar-refractivity contribution in [3.63, 3.8) is 0 Å². The molecule has 2 aromatic rings. The molecule has 3 rings (SSSR count). The lowest BCUT2D eigenvalue weighted by Gasteiger charge is -2.15. The first kappa shape index (κ1) is 12.1. The van der Waals surface area contributed by atoms with E-state index < -0.39 is 0 Å². The molecule has 1 aromatic heterocycles. The lowest BCUT2D eigenvalue weighted by atomic mass is 10.1. The van der Waals surface area contributed by atoms with E-state index in [1.54, 1.807) is 0 Å². The zero-order chi connectivity index (χ0) is 13.4. The number of likely N-dealkylation sites (N-methyl/N-ethyl adjacent to an activating group) is 1. The molecule has 1 atom stereocenters. The molecular formula is C15H18N4. The average Bonchev–Trinajstić information content (AvgIpc) is 2.80. The molecule has 0 saturated heterocycles. The van der Waals surface area contributed by atoms with Crippen LogP contribution in [0.2, 0.25) is 0 Å². The van der Waals surface area contributed by atoms with Crippen molar-refractivity contribution in [1.29, 1.82) is 0 Å². The second kappa shape index (κ2) is 4.63. The van der Waals surface area contributed by atoms with Gasteiger partial charge in [-0.3, -0.25) is 0 Å². The maximum absolute atomic E-state index is 5.96. The van der Waals surface area contributed by atoms with Gasteiger partial charge in [0.05, 0.1) is 11.7 Å². The van der Waals surface area contributed by atoms with Gasteiger partial charge < -0.3 is 10.6 Å². The van der Waals surface area contributed by atoms with Crippen LogP contribution < -0.4 is 10.6 Å². The summed E-state index contributed by atoms with van der Waals surface area (Å²) in [4.78, 5) is 11.5. The van der Waals surface area contributed by atoms with E-state index in [1.165, 1.54) is 5.56 Å². The molecule has 19 heavy (non-hydrogen) atoms. The minimum atomic E-state index is -0.151. The first-order valence-corrected chi connectivity index (χ1v) is 6.60. The standard InChI is InChI=1S/C15H18N4/c1-10(16)14-17-13(11-6-4-3-5-7-11)12-8-9-19(2)15(12)18-14/h3-7,10H,8-9,16H2,1-2H3. The number of nitrogens with two attached hydrogens (primary N) is 1. The summed E-state index contributed by atoms with van der Waals surface area (Å²) in [5, 5.41) is 0. The molecule has 4 nitrogen and oxygen atoms in total. The minimum absolute atomic E-state index is 0.151. The minimum Gasteiger partial charge on any atom is -0.359 e. The van der Waals surface area contributed by atoms with Crippen molar-refractivity contribution in [1.82, 2.24) is 9.97 Å². The Bertz CT molecular complexity index is 593. The number of rotatable bonds is 2.